The highest BCUT2D eigenvalue weighted by Crippen LogP contribution is 2.18. The molecule has 0 bridgehead atoms. The molecule has 0 saturated carbocycles. The number of nitrogens with one attached hydrogen (secondary N) is 1. The lowest BCUT2D eigenvalue weighted by atomic mass is 10.1. The summed E-state index contributed by atoms with van der Waals surface area (Å²) >= 11 is 3.19. The Morgan fingerprint density at radius 1 is 1.47 bits per heavy atom. The zero-order chi connectivity index (χ0) is 12.8. The van der Waals surface area contributed by atoms with Crippen molar-refractivity contribution in [1.29, 1.82) is 0 Å². The van der Waals surface area contributed by atoms with E-state index < -0.39 is 0 Å². The fourth-order valence-corrected chi connectivity index (χ4v) is 1.89. The van der Waals surface area contributed by atoms with Gasteiger partial charge in [0, 0.05) is 6.54 Å². The average Bonchev–Trinajstić information content (AvgIpc) is 2.23. The smallest absolute Gasteiger partial charge is 0.137 e. The molecule has 0 saturated heterocycles. The average molecular weight is 300 g/mol. The fourth-order valence-electron chi connectivity index (χ4n) is 1.50. The molecule has 0 atom stereocenters. The second kappa shape index (κ2) is 6.92. The summed E-state index contributed by atoms with van der Waals surface area (Å²) in [6.07, 6.45) is 2.07. The van der Waals surface area contributed by atoms with Gasteiger partial charge in [0.2, 0.25) is 0 Å². The second-order valence-electron chi connectivity index (χ2n) is 4.69. The van der Waals surface area contributed by atoms with Crippen LogP contribution in [-0.2, 0) is 0 Å². The summed E-state index contributed by atoms with van der Waals surface area (Å²) in [6.45, 7) is 8.32. The van der Waals surface area contributed by atoms with E-state index in [0.717, 1.165) is 18.7 Å². The van der Waals surface area contributed by atoms with Gasteiger partial charge in [-0.3, -0.25) is 0 Å². The summed E-state index contributed by atoms with van der Waals surface area (Å²) in [6, 6.07) is 5.05. The molecule has 0 amide bonds. The minimum absolute atomic E-state index is 0.224. The van der Waals surface area contributed by atoms with E-state index in [1.807, 2.05) is 0 Å². The van der Waals surface area contributed by atoms with Gasteiger partial charge in [0.05, 0.1) is 4.47 Å². The Labute approximate surface area is 111 Å². The molecule has 0 aliphatic rings. The molecule has 1 aromatic rings. The molecule has 1 rings (SSSR count). The first kappa shape index (κ1) is 14.4. The van der Waals surface area contributed by atoms with Crippen LogP contribution in [0.2, 0.25) is 0 Å². The highest BCUT2D eigenvalue weighted by atomic mass is 79.9. The van der Waals surface area contributed by atoms with Crippen molar-refractivity contribution in [3.05, 3.63) is 39.6 Å². The number of rotatable bonds is 5. The van der Waals surface area contributed by atoms with E-state index in [1.54, 1.807) is 12.1 Å². The highest BCUT2D eigenvalue weighted by Gasteiger charge is 1.99. The van der Waals surface area contributed by atoms with Gasteiger partial charge in [0.25, 0.3) is 0 Å². The summed E-state index contributed by atoms with van der Waals surface area (Å²) in [7, 11) is 0. The molecular formula is C14H19BrFN. The first-order valence-electron chi connectivity index (χ1n) is 5.82. The minimum atomic E-state index is -0.224. The van der Waals surface area contributed by atoms with Gasteiger partial charge >= 0.3 is 0 Å². The van der Waals surface area contributed by atoms with E-state index in [2.05, 4.69) is 48.1 Å². The lowest BCUT2D eigenvalue weighted by molar-refractivity contribution is 0.572. The van der Waals surface area contributed by atoms with Gasteiger partial charge in [-0.05, 0) is 53.0 Å². The zero-order valence-corrected chi connectivity index (χ0v) is 12.1. The summed E-state index contributed by atoms with van der Waals surface area (Å²) in [5.74, 6) is 0.431. The van der Waals surface area contributed by atoms with Gasteiger partial charge in [-0.2, -0.15) is 0 Å². The van der Waals surface area contributed by atoms with E-state index >= 15 is 0 Å². The van der Waals surface area contributed by atoms with Crippen molar-refractivity contribution in [1.82, 2.24) is 5.32 Å². The maximum absolute atomic E-state index is 13.0. The van der Waals surface area contributed by atoms with Crippen LogP contribution in [0, 0.1) is 11.7 Å². The SMILES string of the molecule is CC(=Cc1ccc(F)c(Br)c1)CNCC(C)C. The first-order chi connectivity index (χ1) is 7.99. The molecule has 1 nitrogen and oxygen atoms in total. The van der Waals surface area contributed by atoms with Crippen molar-refractivity contribution in [2.75, 3.05) is 13.1 Å². The number of hydrogen-bond donors (Lipinski definition) is 1. The van der Waals surface area contributed by atoms with Gasteiger partial charge in [-0.15, -0.1) is 0 Å². The molecule has 3 heteroatoms. The van der Waals surface area contributed by atoms with Gasteiger partial charge in [0.1, 0.15) is 5.82 Å². The maximum Gasteiger partial charge on any atom is 0.137 e. The molecule has 0 aliphatic heterocycles. The number of hydrogen-bond acceptors (Lipinski definition) is 1. The fraction of sp³-hybridized carbons (Fsp3) is 0.429. The van der Waals surface area contributed by atoms with E-state index in [4.69, 9.17) is 0 Å². The van der Waals surface area contributed by atoms with Crippen molar-refractivity contribution in [3.63, 3.8) is 0 Å². The van der Waals surface area contributed by atoms with Crippen LogP contribution in [0.15, 0.2) is 28.2 Å². The summed E-state index contributed by atoms with van der Waals surface area (Å²) in [4.78, 5) is 0. The van der Waals surface area contributed by atoms with E-state index in [0.29, 0.717) is 10.4 Å². The van der Waals surface area contributed by atoms with E-state index in [-0.39, 0.29) is 5.82 Å². The normalized spacial score (nSPS) is 12.2. The largest absolute Gasteiger partial charge is 0.313 e. The summed E-state index contributed by atoms with van der Waals surface area (Å²) < 4.78 is 13.6. The van der Waals surface area contributed by atoms with E-state index in [9.17, 15) is 4.39 Å². The van der Waals surface area contributed by atoms with Crippen LogP contribution in [0.1, 0.15) is 26.3 Å². The molecule has 0 spiro atoms. The molecule has 17 heavy (non-hydrogen) atoms. The molecule has 1 N–H and O–H groups in total. The van der Waals surface area contributed by atoms with Crippen LogP contribution in [-0.4, -0.2) is 13.1 Å². The number of halogens is 2. The zero-order valence-electron chi connectivity index (χ0n) is 10.6. The molecule has 0 aliphatic carbocycles. The third kappa shape index (κ3) is 5.46. The lowest BCUT2D eigenvalue weighted by Gasteiger charge is -2.07. The van der Waals surface area contributed by atoms with Crippen molar-refractivity contribution >= 4 is 22.0 Å². The molecule has 94 valence electrons. The Morgan fingerprint density at radius 2 is 2.18 bits per heavy atom. The predicted molar refractivity (Wildman–Crippen MR) is 75.5 cm³/mol. The van der Waals surface area contributed by atoms with Crippen LogP contribution in [0.3, 0.4) is 0 Å². The molecular weight excluding hydrogens is 281 g/mol. The third-order valence-corrected chi connectivity index (χ3v) is 2.92. The summed E-state index contributed by atoms with van der Waals surface area (Å²) in [5.41, 5.74) is 2.26. The Bertz CT molecular complexity index is 399. The van der Waals surface area contributed by atoms with Crippen LogP contribution >= 0.6 is 15.9 Å². The Kier molecular flexibility index (Phi) is 5.86. The topological polar surface area (TPSA) is 12.0 Å². The Balaban J connectivity index is 2.58. The third-order valence-electron chi connectivity index (χ3n) is 2.31. The quantitative estimate of drug-likeness (QED) is 0.857. The predicted octanol–water partition coefficient (Wildman–Crippen LogP) is 4.24. The molecule has 0 radical (unpaired) electrons. The van der Waals surface area contributed by atoms with Crippen molar-refractivity contribution in [2.24, 2.45) is 5.92 Å². The van der Waals surface area contributed by atoms with Gasteiger partial charge in [0.15, 0.2) is 0 Å². The lowest BCUT2D eigenvalue weighted by Crippen LogP contribution is -2.21. The molecule has 0 heterocycles. The monoisotopic (exact) mass is 299 g/mol. The van der Waals surface area contributed by atoms with Crippen LogP contribution in [0.25, 0.3) is 6.08 Å². The van der Waals surface area contributed by atoms with Crippen LogP contribution in [0.5, 0.6) is 0 Å². The van der Waals surface area contributed by atoms with E-state index in [1.165, 1.54) is 11.6 Å². The van der Waals surface area contributed by atoms with Crippen LogP contribution in [0.4, 0.5) is 4.39 Å². The van der Waals surface area contributed by atoms with Gasteiger partial charge in [-0.25, -0.2) is 4.39 Å². The van der Waals surface area contributed by atoms with Crippen LogP contribution < -0.4 is 5.32 Å². The summed E-state index contributed by atoms with van der Waals surface area (Å²) in [5, 5.41) is 3.38. The minimum Gasteiger partial charge on any atom is -0.313 e. The van der Waals surface area contributed by atoms with Gasteiger partial charge in [-0.1, -0.05) is 31.6 Å². The van der Waals surface area contributed by atoms with Crippen molar-refractivity contribution < 1.29 is 4.39 Å². The molecule has 0 aromatic heterocycles. The first-order valence-corrected chi connectivity index (χ1v) is 6.61. The standard InChI is InChI=1S/C14H19BrFN/c1-10(2)8-17-9-11(3)6-12-4-5-14(16)13(15)7-12/h4-7,10,17H,8-9H2,1-3H3. The molecule has 0 unspecified atom stereocenters. The molecule has 0 fully saturated rings. The van der Waals surface area contributed by atoms with Gasteiger partial charge < -0.3 is 5.32 Å². The second-order valence-corrected chi connectivity index (χ2v) is 5.54. The maximum atomic E-state index is 13.0. The Hall–Kier alpha value is -0.670. The van der Waals surface area contributed by atoms with Crippen molar-refractivity contribution in [2.45, 2.75) is 20.8 Å². The molecule has 1 aromatic carbocycles. The van der Waals surface area contributed by atoms with Crippen molar-refractivity contribution in [3.8, 4) is 0 Å². The number of benzene rings is 1. The Morgan fingerprint density at radius 3 is 2.76 bits per heavy atom. The highest BCUT2D eigenvalue weighted by molar-refractivity contribution is 9.10.